The second-order valence-corrected chi connectivity index (χ2v) is 8.45. The summed E-state index contributed by atoms with van der Waals surface area (Å²) in [5.74, 6) is 0. The molecule has 19 heavy (non-hydrogen) atoms. The largest absolute Gasteiger partial charge is 0.326 e. The fourth-order valence-corrected chi connectivity index (χ4v) is 4.84. The number of thiazole rings is 1. The van der Waals surface area contributed by atoms with E-state index in [0.717, 1.165) is 14.8 Å². The normalized spacial score (nSPS) is 13.6. The lowest BCUT2D eigenvalue weighted by molar-refractivity contribution is 0.568. The molecule has 0 aliphatic carbocycles. The van der Waals surface area contributed by atoms with Crippen molar-refractivity contribution in [3.63, 3.8) is 0 Å². The van der Waals surface area contributed by atoms with Crippen LogP contribution in [-0.4, -0.2) is 13.4 Å². The molecule has 1 atom stereocenters. The first kappa shape index (κ1) is 14.6. The van der Waals surface area contributed by atoms with E-state index < -0.39 is 10.0 Å². The lowest BCUT2D eigenvalue weighted by Gasteiger charge is -2.10. The van der Waals surface area contributed by atoms with Crippen LogP contribution in [0, 0.1) is 6.92 Å². The van der Waals surface area contributed by atoms with Gasteiger partial charge in [-0.2, -0.15) is 0 Å². The second kappa shape index (κ2) is 5.68. The van der Waals surface area contributed by atoms with Crippen molar-refractivity contribution < 1.29 is 8.42 Å². The summed E-state index contributed by atoms with van der Waals surface area (Å²) in [5.41, 5.74) is 5.49. The topological polar surface area (TPSA) is 85.1 Å². The standard InChI is InChI=1S/C11H15N3O2S3/c1-7-6-13-11(17-7)8(2)14-19(15,16)10-4-3-9(5-12)18-10/h3-4,6,8,14H,5,12H2,1-2H3. The van der Waals surface area contributed by atoms with Gasteiger partial charge in [-0.25, -0.2) is 18.1 Å². The fraction of sp³-hybridized carbons (Fsp3) is 0.364. The van der Waals surface area contributed by atoms with Gasteiger partial charge in [0.05, 0.1) is 6.04 Å². The van der Waals surface area contributed by atoms with Crippen molar-refractivity contribution in [2.75, 3.05) is 0 Å². The Balaban J connectivity index is 2.17. The average molecular weight is 317 g/mol. The highest BCUT2D eigenvalue weighted by Crippen LogP contribution is 2.25. The molecule has 3 N–H and O–H groups in total. The van der Waals surface area contributed by atoms with Crippen LogP contribution in [0.4, 0.5) is 0 Å². The predicted octanol–water partition coefficient (Wildman–Crippen LogP) is 2.01. The van der Waals surface area contributed by atoms with Crippen LogP contribution in [0.2, 0.25) is 0 Å². The number of hydrogen-bond acceptors (Lipinski definition) is 6. The molecule has 0 fully saturated rings. The van der Waals surface area contributed by atoms with Gasteiger partial charge < -0.3 is 5.73 Å². The van der Waals surface area contributed by atoms with Gasteiger partial charge >= 0.3 is 0 Å². The predicted molar refractivity (Wildman–Crippen MR) is 77.8 cm³/mol. The van der Waals surface area contributed by atoms with Crippen molar-refractivity contribution in [1.29, 1.82) is 0 Å². The lowest BCUT2D eigenvalue weighted by Crippen LogP contribution is -2.26. The Morgan fingerprint density at radius 2 is 2.16 bits per heavy atom. The molecule has 0 aliphatic heterocycles. The first-order chi connectivity index (χ1) is 8.92. The van der Waals surface area contributed by atoms with Gasteiger partial charge in [0, 0.05) is 22.5 Å². The van der Waals surface area contributed by atoms with E-state index >= 15 is 0 Å². The van der Waals surface area contributed by atoms with E-state index in [0.29, 0.717) is 6.54 Å². The highest BCUT2D eigenvalue weighted by Gasteiger charge is 2.21. The van der Waals surface area contributed by atoms with E-state index in [4.69, 9.17) is 5.73 Å². The molecule has 2 aromatic heterocycles. The molecule has 2 aromatic rings. The van der Waals surface area contributed by atoms with Crippen LogP contribution < -0.4 is 10.5 Å². The van der Waals surface area contributed by atoms with E-state index in [9.17, 15) is 8.42 Å². The number of sulfonamides is 1. The summed E-state index contributed by atoms with van der Waals surface area (Å²) in [5, 5.41) is 0.761. The van der Waals surface area contributed by atoms with E-state index in [1.165, 1.54) is 22.7 Å². The quantitative estimate of drug-likeness (QED) is 0.883. The maximum absolute atomic E-state index is 12.2. The molecule has 0 saturated heterocycles. The van der Waals surface area contributed by atoms with Crippen molar-refractivity contribution >= 4 is 32.7 Å². The molecule has 104 valence electrons. The highest BCUT2D eigenvalue weighted by atomic mass is 32.2. The minimum atomic E-state index is -3.51. The molecule has 0 amide bonds. The second-order valence-electron chi connectivity index (χ2n) is 4.08. The minimum Gasteiger partial charge on any atom is -0.326 e. The maximum Gasteiger partial charge on any atom is 0.250 e. The van der Waals surface area contributed by atoms with Crippen molar-refractivity contribution in [2.24, 2.45) is 5.73 Å². The maximum atomic E-state index is 12.2. The number of rotatable bonds is 5. The number of thiophene rings is 1. The molecule has 0 bridgehead atoms. The summed E-state index contributed by atoms with van der Waals surface area (Å²) < 4.78 is 27.3. The van der Waals surface area contributed by atoms with Crippen molar-refractivity contribution in [3.05, 3.63) is 33.1 Å². The number of hydrogen-bond donors (Lipinski definition) is 2. The molecule has 5 nitrogen and oxygen atoms in total. The Morgan fingerprint density at radius 3 is 2.68 bits per heavy atom. The molecule has 0 radical (unpaired) electrons. The monoisotopic (exact) mass is 317 g/mol. The van der Waals surface area contributed by atoms with Crippen molar-refractivity contribution in [3.8, 4) is 0 Å². The van der Waals surface area contributed by atoms with Crippen LogP contribution in [-0.2, 0) is 16.6 Å². The van der Waals surface area contributed by atoms with Crippen molar-refractivity contribution in [1.82, 2.24) is 9.71 Å². The Hall–Kier alpha value is -0.800. The SMILES string of the molecule is Cc1cnc(C(C)NS(=O)(=O)c2ccc(CN)s2)s1. The molecule has 0 aromatic carbocycles. The molecule has 0 spiro atoms. The van der Waals surface area contributed by atoms with Gasteiger partial charge in [0.2, 0.25) is 0 Å². The Kier molecular flexibility index (Phi) is 4.36. The first-order valence-corrected chi connectivity index (χ1v) is 8.77. The molecule has 1 unspecified atom stereocenters. The molecule has 0 aliphatic rings. The van der Waals surface area contributed by atoms with E-state index in [-0.39, 0.29) is 10.3 Å². The van der Waals surface area contributed by atoms with Gasteiger partial charge in [-0.3, -0.25) is 0 Å². The zero-order chi connectivity index (χ0) is 14.0. The molecule has 8 heteroatoms. The summed E-state index contributed by atoms with van der Waals surface area (Å²) in [6, 6.07) is 2.97. The van der Waals surface area contributed by atoms with Crippen LogP contribution in [0.3, 0.4) is 0 Å². The summed E-state index contributed by atoms with van der Waals surface area (Å²) in [6.45, 7) is 4.07. The van der Waals surface area contributed by atoms with Crippen LogP contribution in [0.15, 0.2) is 22.5 Å². The fourth-order valence-electron chi connectivity index (χ4n) is 1.53. The molecule has 0 saturated carbocycles. The first-order valence-electron chi connectivity index (χ1n) is 5.66. The van der Waals surface area contributed by atoms with E-state index in [1.807, 2.05) is 6.92 Å². The average Bonchev–Trinajstić information content (AvgIpc) is 2.96. The zero-order valence-corrected chi connectivity index (χ0v) is 13.0. The summed E-state index contributed by atoms with van der Waals surface area (Å²) in [6.07, 6.45) is 1.74. The van der Waals surface area contributed by atoms with Gasteiger partial charge in [0.25, 0.3) is 10.0 Å². The summed E-state index contributed by atoms with van der Waals surface area (Å²) in [7, 11) is -3.51. The molecule has 2 heterocycles. The third-order valence-electron chi connectivity index (χ3n) is 2.44. The summed E-state index contributed by atoms with van der Waals surface area (Å²) >= 11 is 2.68. The Labute approximate surface area is 120 Å². The minimum absolute atomic E-state index is 0.285. The number of nitrogens with one attached hydrogen (secondary N) is 1. The molecular weight excluding hydrogens is 302 g/mol. The smallest absolute Gasteiger partial charge is 0.250 e. The van der Waals surface area contributed by atoms with Crippen LogP contribution in [0.1, 0.15) is 27.7 Å². The molecule has 2 rings (SSSR count). The van der Waals surface area contributed by atoms with Gasteiger partial charge in [0.15, 0.2) is 0 Å². The number of aromatic nitrogens is 1. The van der Waals surface area contributed by atoms with Gasteiger partial charge in [-0.15, -0.1) is 22.7 Å². The van der Waals surface area contributed by atoms with Gasteiger partial charge in [-0.05, 0) is 26.0 Å². The lowest BCUT2D eigenvalue weighted by atomic mass is 10.4. The Bertz CT molecular complexity index is 660. The van der Waals surface area contributed by atoms with Gasteiger partial charge in [-0.1, -0.05) is 0 Å². The third-order valence-corrected chi connectivity index (χ3v) is 6.68. The summed E-state index contributed by atoms with van der Waals surface area (Å²) in [4.78, 5) is 6.09. The van der Waals surface area contributed by atoms with Crippen molar-refractivity contribution in [2.45, 2.75) is 30.6 Å². The van der Waals surface area contributed by atoms with Crippen LogP contribution >= 0.6 is 22.7 Å². The number of nitrogens with zero attached hydrogens (tertiary/aromatic N) is 1. The Morgan fingerprint density at radius 1 is 1.42 bits per heavy atom. The van der Waals surface area contributed by atoms with Gasteiger partial charge in [0.1, 0.15) is 9.22 Å². The highest BCUT2D eigenvalue weighted by molar-refractivity contribution is 7.91. The third kappa shape index (κ3) is 3.40. The number of nitrogens with two attached hydrogens (primary N) is 1. The van der Waals surface area contributed by atoms with Crippen LogP contribution in [0.5, 0.6) is 0 Å². The van der Waals surface area contributed by atoms with E-state index in [1.54, 1.807) is 25.3 Å². The van der Waals surface area contributed by atoms with E-state index in [2.05, 4.69) is 9.71 Å². The molecular formula is C11H15N3O2S3. The zero-order valence-electron chi connectivity index (χ0n) is 10.6. The van der Waals surface area contributed by atoms with Crippen LogP contribution in [0.25, 0.3) is 0 Å². The number of aryl methyl sites for hydroxylation is 1.